The van der Waals surface area contributed by atoms with E-state index >= 15 is 0 Å². The van der Waals surface area contributed by atoms with Gasteiger partial charge in [-0.25, -0.2) is 18.4 Å². The number of aromatic amines is 2. The number of benzene rings is 2. The fourth-order valence-corrected chi connectivity index (χ4v) is 7.45. The fraction of sp³-hybridized carbons (Fsp3) is 0. The van der Waals surface area contributed by atoms with Crippen LogP contribution in [0, 0.1) is 12.1 Å². The van der Waals surface area contributed by atoms with Gasteiger partial charge in [-0.05, 0) is 72.8 Å². The molecule has 0 spiro atoms. The molecule has 0 unspecified atom stereocenters. The Labute approximate surface area is 294 Å². The van der Waals surface area contributed by atoms with Gasteiger partial charge >= 0.3 is 19.5 Å². The molecule has 0 fully saturated rings. The van der Waals surface area contributed by atoms with Crippen LogP contribution in [0.15, 0.2) is 106 Å². The molecule has 49 heavy (non-hydrogen) atoms. The van der Waals surface area contributed by atoms with Crippen molar-refractivity contribution in [2.45, 2.75) is 14.7 Å². The largest absolute Gasteiger partial charge is 2.00 e. The van der Waals surface area contributed by atoms with Crippen molar-refractivity contribution in [1.29, 1.82) is 0 Å². The summed E-state index contributed by atoms with van der Waals surface area (Å²) in [4.78, 5) is 11.5. The molecule has 0 amide bonds. The van der Waals surface area contributed by atoms with Gasteiger partial charge in [-0.1, -0.05) is 0 Å². The summed E-state index contributed by atoms with van der Waals surface area (Å²) in [6.07, 6.45) is 8.05. The van der Waals surface area contributed by atoms with Crippen LogP contribution in [0.4, 0.5) is 0 Å². The quantitative estimate of drug-likeness (QED) is 0.0874. The number of nitrogens with one attached hydrogen (secondary N) is 2. The van der Waals surface area contributed by atoms with Crippen molar-refractivity contribution in [1.82, 2.24) is 19.9 Å². The first-order valence-electron chi connectivity index (χ1n) is 13.6. The van der Waals surface area contributed by atoms with Crippen LogP contribution in [0.3, 0.4) is 0 Å². The number of nitrogens with zero attached hydrogens (tertiary/aromatic N) is 2. The molecule has 0 radical (unpaired) electrons. The summed E-state index contributed by atoms with van der Waals surface area (Å²) >= 11 is 0. The maximum absolute atomic E-state index is 11.0. The molecule has 2 aromatic carbocycles. The van der Waals surface area contributed by atoms with E-state index in [4.69, 9.17) is 13.7 Å². The first-order valence-corrected chi connectivity index (χ1v) is 17.9. The van der Waals surface area contributed by atoms with Crippen LogP contribution in [-0.2, 0) is 49.8 Å². The standard InChI is InChI=1S/C20H14N4.C6H5O9S3.C6H5.Zn/c1-2-14-10-16-5-6-18(23-16)12-20-8-7-19(24-20)11-17-4-3-15(22-17)9-13(1)21-14;7-16(8,9)4-2-1-3-5(17(10,11)12)6(4)18(13,14)15;1-2-4-6-5-3-1;/h1-12,21-22H;1-2H,(H,7,8,9)(H,10,11,12)(H,13,14,15);1-5H;/q;2*-1;+2. The molecule has 246 valence electrons. The summed E-state index contributed by atoms with van der Waals surface area (Å²) in [5.41, 5.74) is 7.86. The number of fused-ring (bicyclic) bond motifs is 8. The van der Waals surface area contributed by atoms with Crippen molar-refractivity contribution < 1.29 is 58.4 Å². The Morgan fingerprint density at radius 3 is 1.35 bits per heavy atom. The number of H-pyrrole nitrogens is 2. The first kappa shape index (κ1) is 37.2. The average Bonchev–Trinajstić information content (AvgIpc) is 3.84. The van der Waals surface area contributed by atoms with Crippen LogP contribution in [0.2, 0.25) is 0 Å². The predicted octanol–water partition coefficient (Wildman–Crippen LogP) is 5.37. The minimum absolute atomic E-state index is 0. The monoisotopic (exact) mass is 768 g/mol. The Bertz CT molecular complexity index is 2380. The molecule has 5 heterocycles. The number of hydrogen-bond donors (Lipinski definition) is 5. The zero-order chi connectivity index (χ0) is 34.5. The van der Waals surface area contributed by atoms with Crippen molar-refractivity contribution >= 4 is 76.7 Å². The van der Waals surface area contributed by atoms with Crippen molar-refractivity contribution in [2.75, 3.05) is 0 Å². The molecule has 0 atom stereocenters. The Kier molecular flexibility index (Phi) is 11.6. The van der Waals surface area contributed by atoms with Crippen LogP contribution in [0.25, 0.3) is 46.4 Å². The average molecular weight is 770 g/mol. The normalized spacial score (nSPS) is 12.1. The molecule has 5 aromatic rings. The molecule has 13 nitrogen and oxygen atoms in total. The van der Waals surface area contributed by atoms with E-state index in [1.165, 1.54) is 0 Å². The van der Waals surface area contributed by atoms with Crippen LogP contribution >= 0.6 is 0 Å². The smallest absolute Gasteiger partial charge is 0.355 e. The Balaban J connectivity index is 0.000000191. The summed E-state index contributed by atoms with van der Waals surface area (Å²) in [5.74, 6) is 0. The third-order valence-corrected chi connectivity index (χ3v) is 9.25. The third kappa shape index (κ3) is 10.2. The van der Waals surface area contributed by atoms with E-state index in [0.29, 0.717) is 12.1 Å². The van der Waals surface area contributed by atoms with Gasteiger partial charge in [-0.3, -0.25) is 13.7 Å². The molecular formula is C32H24N4O9S3Zn. The second-order valence-electron chi connectivity index (χ2n) is 9.91. The van der Waals surface area contributed by atoms with Gasteiger partial charge in [0.1, 0.15) is 0 Å². The maximum Gasteiger partial charge on any atom is 2.00 e. The Hall–Kier alpha value is -4.61. The van der Waals surface area contributed by atoms with Gasteiger partial charge in [0.05, 0.1) is 22.8 Å². The minimum Gasteiger partial charge on any atom is -0.355 e. The molecule has 8 bridgehead atoms. The van der Waals surface area contributed by atoms with Crippen LogP contribution in [0.1, 0.15) is 22.8 Å². The SMILES string of the molecule is C1=Cc2cc3ccc(cc4ccc(cc5nc(cc1n2)C=C5)[nH]4)[nH]3.O=S(=O)(O)c1[c-]ccc(S(=O)(=O)O)c1S(=O)(=O)O.[Zn+2].[c-]1ccccc1. The van der Waals surface area contributed by atoms with Gasteiger partial charge in [-0.2, -0.15) is 65.4 Å². The molecule has 0 saturated heterocycles. The number of aromatic nitrogens is 4. The van der Waals surface area contributed by atoms with E-state index in [1.807, 2.05) is 72.8 Å². The first-order chi connectivity index (χ1) is 22.6. The van der Waals surface area contributed by atoms with E-state index in [9.17, 15) is 25.3 Å². The van der Waals surface area contributed by atoms with Crippen molar-refractivity contribution in [3.63, 3.8) is 0 Å². The maximum atomic E-state index is 11.0. The topological polar surface area (TPSA) is 220 Å². The van der Waals surface area contributed by atoms with E-state index in [1.54, 1.807) is 6.07 Å². The molecule has 5 N–H and O–H groups in total. The molecule has 2 aliphatic rings. The van der Waals surface area contributed by atoms with Gasteiger partial charge in [-0.15, -0.1) is 6.07 Å². The molecule has 3 aromatic heterocycles. The zero-order valence-electron chi connectivity index (χ0n) is 25.1. The van der Waals surface area contributed by atoms with Crippen LogP contribution < -0.4 is 0 Å². The zero-order valence-corrected chi connectivity index (χ0v) is 30.5. The van der Waals surface area contributed by atoms with E-state index in [0.717, 1.165) is 44.8 Å². The molecule has 17 heteroatoms. The van der Waals surface area contributed by atoms with E-state index < -0.39 is 45.0 Å². The van der Waals surface area contributed by atoms with E-state index in [-0.39, 0.29) is 19.5 Å². The fourth-order valence-electron chi connectivity index (χ4n) is 4.37. The minimum atomic E-state index is -5.34. The number of hydrogen-bond acceptors (Lipinski definition) is 8. The molecule has 0 saturated carbocycles. The molecule has 0 aliphatic carbocycles. The van der Waals surface area contributed by atoms with Gasteiger partial charge in [0.2, 0.25) is 10.1 Å². The Morgan fingerprint density at radius 2 is 0.980 bits per heavy atom. The molecule has 2 aliphatic heterocycles. The Morgan fingerprint density at radius 1 is 0.531 bits per heavy atom. The third-order valence-electron chi connectivity index (χ3n) is 6.32. The van der Waals surface area contributed by atoms with Crippen LogP contribution in [-0.4, -0.2) is 58.8 Å². The van der Waals surface area contributed by atoms with Gasteiger partial charge in [0.25, 0.3) is 20.2 Å². The molecular weight excluding hydrogens is 746 g/mol. The summed E-state index contributed by atoms with van der Waals surface area (Å²) in [6.45, 7) is 0. The second kappa shape index (κ2) is 15.3. The number of rotatable bonds is 3. The summed E-state index contributed by atoms with van der Waals surface area (Å²) in [7, 11) is -15.6. The molecule has 7 rings (SSSR count). The van der Waals surface area contributed by atoms with Gasteiger partial charge in [0.15, 0.2) is 0 Å². The van der Waals surface area contributed by atoms with Crippen molar-refractivity contribution in [2.24, 2.45) is 0 Å². The summed E-state index contributed by atoms with van der Waals surface area (Å²) < 4.78 is 91.6. The van der Waals surface area contributed by atoms with Crippen molar-refractivity contribution in [3.8, 4) is 0 Å². The van der Waals surface area contributed by atoms with Gasteiger partial charge in [0, 0.05) is 36.8 Å². The predicted molar refractivity (Wildman–Crippen MR) is 179 cm³/mol. The summed E-state index contributed by atoms with van der Waals surface area (Å²) in [5, 5.41) is 0. The summed E-state index contributed by atoms with van der Waals surface area (Å²) in [6, 6.07) is 31.8. The van der Waals surface area contributed by atoms with E-state index in [2.05, 4.69) is 56.3 Å². The van der Waals surface area contributed by atoms with Gasteiger partial charge < -0.3 is 9.97 Å². The van der Waals surface area contributed by atoms with Crippen LogP contribution in [0.5, 0.6) is 0 Å². The van der Waals surface area contributed by atoms with Crippen molar-refractivity contribution in [3.05, 3.63) is 126 Å². The second-order valence-corrected chi connectivity index (χ2v) is 14.0.